The fraction of sp³-hybridized carbons (Fsp3) is 0.310. The molecule has 0 aliphatic carbocycles. The summed E-state index contributed by atoms with van der Waals surface area (Å²) in [6.45, 7) is 4.61. The van der Waals surface area contributed by atoms with Crippen molar-refractivity contribution in [1.29, 1.82) is 0 Å². The number of likely N-dealkylation sites (N-methyl/N-ethyl adjacent to an activating group) is 1. The Bertz CT molecular complexity index is 1150. The molecule has 35 heavy (non-hydrogen) atoms. The first-order valence-corrected chi connectivity index (χ1v) is 12.0. The van der Waals surface area contributed by atoms with Gasteiger partial charge in [0, 0.05) is 6.04 Å². The highest BCUT2D eigenvalue weighted by Crippen LogP contribution is 2.40. The van der Waals surface area contributed by atoms with Crippen LogP contribution in [-0.4, -0.2) is 42.8 Å². The van der Waals surface area contributed by atoms with Crippen LogP contribution >= 0.6 is 0 Å². The highest BCUT2D eigenvalue weighted by atomic mass is 16.7. The number of aliphatic hydroxyl groups excluding tert-OH is 1. The van der Waals surface area contributed by atoms with E-state index in [1.165, 1.54) is 0 Å². The van der Waals surface area contributed by atoms with Gasteiger partial charge in [-0.2, -0.15) is 0 Å². The van der Waals surface area contributed by atoms with Crippen LogP contribution in [0.1, 0.15) is 43.4 Å². The van der Waals surface area contributed by atoms with Gasteiger partial charge in [0.15, 0.2) is 11.5 Å². The van der Waals surface area contributed by atoms with Crippen molar-refractivity contribution in [2.24, 2.45) is 0 Å². The quantitative estimate of drug-likeness (QED) is 0.349. The van der Waals surface area contributed by atoms with Crippen LogP contribution in [0.25, 0.3) is 11.1 Å². The normalized spacial score (nSPS) is 14.9. The molecule has 6 nitrogen and oxygen atoms in total. The number of ether oxygens (including phenoxy) is 3. The Morgan fingerprint density at radius 3 is 2.17 bits per heavy atom. The van der Waals surface area contributed by atoms with Gasteiger partial charge >= 0.3 is 0 Å². The van der Waals surface area contributed by atoms with Crippen LogP contribution in [-0.2, 0) is 0 Å². The fourth-order valence-corrected chi connectivity index (χ4v) is 4.44. The lowest BCUT2D eigenvalue weighted by Crippen LogP contribution is -2.40. The van der Waals surface area contributed by atoms with E-state index in [-0.39, 0.29) is 25.2 Å². The molecule has 0 amide bonds. The van der Waals surface area contributed by atoms with Crippen LogP contribution in [0.2, 0.25) is 0 Å². The van der Waals surface area contributed by atoms with Crippen LogP contribution in [0.4, 0.5) is 0 Å². The molecule has 3 N–H and O–H groups in total. The van der Waals surface area contributed by atoms with Crippen molar-refractivity contribution in [1.82, 2.24) is 5.32 Å². The van der Waals surface area contributed by atoms with Crippen LogP contribution in [0.5, 0.6) is 23.0 Å². The highest BCUT2D eigenvalue weighted by molar-refractivity contribution is 5.99. The Hall–Kier alpha value is -3.48. The third kappa shape index (κ3) is 5.61. The van der Waals surface area contributed by atoms with Gasteiger partial charge in [0.25, 0.3) is 0 Å². The van der Waals surface area contributed by atoms with E-state index in [2.05, 4.69) is 18.3 Å². The van der Waals surface area contributed by atoms with E-state index < -0.39 is 6.10 Å². The number of hydrogen-bond acceptors (Lipinski definition) is 6. The second kappa shape index (κ2) is 11.3. The average molecular weight is 476 g/mol. The monoisotopic (exact) mass is 475 g/mol. The standard InChI is InChI=1S/C29H33NO5/c1-4-24(21-10-15-27-28(16-21)35-18-34-27)29(19-6-11-22(31)12-7-19)20-8-13-23(14-9-20)33-17-26(32)25(5-2)30-3/h6-16,25-26,30-32H,4-5,17-18H2,1-3H3. The lowest BCUT2D eigenvalue weighted by molar-refractivity contribution is 0.0743. The third-order valence-corrected chi connectivity index (χ3v) is 6.37. The van der Waals surface area contributed by atoms with Gasteiger partial charge in [0.05, 0.1) is 0 Å². The van der Waals surface area contributed by atoms with Crippen molar-refractivity contribution in [3.05, 3.63) is 83.4 Å². The van der Waals surface area contributed by atoms with Crippen molar-refractivity contribution in [2.75, 3.05) is 20.4 Å². The molecule has 4 rings (SSSR count). The SMILES string of the molecule is CCC(=C(c1ccc(O)cc1)c1ccc(OCC(O)C(CC)NC)cc1)c1ccc2c(c1)OCO2. The molecular formula is C29H33NO5. The zero-order valence-corrected chi connectivity index (χ0v) is 20.5. The van der Waals surface area contributed by atoms with Gasteiger partial charge in [-0.05, 0) is 84.1 Å². The maximum atomic E-state index is 10.3. The van der Waals surface area contributed by atoms with E-state index in [1.54, 1.807) is 12.1 Å². The summed E-state index contributed by atoms with van der Waals surface area (Å²) in [5.41, 5.74) is 5.30. The zero-order chi connectivity index (χ0) is 24.8. The number of allylic oxidation sites excluding steroid dienone is 1. The van der Waals surface area contributed by atoms with E-state index in [9.17, 15) is 10.2 Å². The molecule has 6 heteroatoms. The Balaban J connectivity index is 1.69. The lowest BCUT2D eigenvalue weighted by Gasteiger charge is -2.21. The second-order valence-electron chi connectivity index (χ2n) is 8.53. The topological polar surface area (TPSA) is 80.2 Å². The molecule has 0 bridgehead atoms. The predicted molar refractivity (Wildman–Crippen MR) is 138 cm³/mol. The van der Waals surface area contributed by atoms with Gasteiger partial charge < -0.3 is 29.7 Å². The molecule has 1 aliphatic rings. The Kier molecular flexibility index (Phi) is 7.95. The summed E-state index contributed by atoms with van der Waals surface area (Å²) >= 11 is 0. The summed E-state index contributed by atoms with van der Waals surface area (Å²) in [4.78, 5) is 0. The summed E-state index contributed by atoms with van der Waals surface area (Å²) in [5.74, 6) is 2.42. The molecule has 1 aliphatic heterocycles. The first kappa shape index (κ1) is 24.6. The molecule has 0 radical (unpaired) electrons. The predicted octanol–water partition coefficient (Wildman–Crippen LogP) is 5.23. The minimum Gasteiger partial charge on any atom is -0.508 e. The number of aliphatic hydroxyl groups is 1. The average Bonchev–Trinajstić information content (AvgIpc) is 3.36. The van der Waals surface area contributed by atoms with E-state index in [0.29, 0.717) is 5.75 Å². The van der Waals surface area contributed by atoms with E-state index in [1.807, 2.05) is 62.5 Å². The smallest absolute Gasteiger partial charge is 0.231 e. The number of hydrogen-bond donors (Lipinski definition) is 3. The van der Waals surface area contributed by atoms with Gasteiger partial charge in [-0.1, -0.05) is 44.2 Å². The van der Waals surface area contributed by atoms with Crippen LogP contribution in [0.3, 0.4) is 0 Å². The molecule has 2 unspecified atom stereocenters. The van der Waals surface area contributed by atoms with Crippen molar-refractivity contribution in [3.8, 4) is 23.0 Å². The third-order valence-electron chi connectivity index (χ3n) is 6.37. The fourth-order valence-electron chi connectivity index (χ4n) is 4.44. The number of benzene rings is 3. The summed E-state index contributed by atoms with van der Waals surface area (Å²) in [6, 6.07) is 21.2. The molecule has 0 saturated carbocycles. The lowest BCUT2D eigenvalue weighted by atomic mass is 9.88. The van der Waals surface area contributed by atoms with E-state index >= 15 is 0 Å². The number of phenols is 1. The molecule has 2 atom stereocenters. The molecule has 184 valence electrons. The molecule has 3 aromatic rings. The molecule has 3 aromatic carbocycles. The van der Waals surface area contributed by atoms with Crippen molar-refractivity contribution in [3.63, 3.8) is 0 Å². The molecule has 0 spiro atoms. The number of nitrogens with one attached hydrogen (secondary N) is 1. The maximum absolute atomic E-state index is 10.3. The van der Waals surface area contributed by atoms with Gasteiger partial charge in [0.2, 0.25) is 6.79 Å². The molecular weight excluding hydrogens is 442 g/mol. The van der Waals surface area contributed by atoms with Gasteiger partial charge in [-0.15, -0.1) is 0 Å². The van der Waals surface area contributed by atoms with E-state index in [4.69, 9.17) is 14.2 Å². The number of phenolic OH excluding ortho intramolecular Hbond substituents is 1. The van der Waals surface area contributed by atoms with Crippen molar-refractivity contribution >= 4 is 11.1 Å². The van der Waals surface area contributed by atoms with Gasteiger partial charge in [-0.25, -0.2) is 0 Å². The number of aromatic hydroxyl groups is 1. The van der Waals surface area contributed by atoms with Crippen molar-refractivity contribution < 1.29 is 24.4 Å². The molecule has 0 aromatic heterocycles. The molecule has 0 fully saturated rings. The summed E-state index contributed by atoms with van der Waals surface area (Å²) in [6.07, 6.45) is 1.03. The highest BCUT2D eigenvalue weighted by Gasteiger charge is 2.19. The summed E-state index contributed by atoms with van der Waals surface area (Å²) in [5, 5.41) is 23.3. The van der Waals surface area contributed by atoms with Crippen LogP contribution < -0.4 is 19.5 Å². The van der Waals surface area contributed by atoms with Gasteiger partial charge in [-0.3, -0.25) is 0 Å². The second-order valence-corrected chi connectivity index (χ2v) is 8.53. The molecule has 1 heterocycles. The van der Waals surface area contributed by atoms with Crippen LogP contribution in [0, 0.1) is 0 Å². The summed E-state index contributed by atoms with van der Waals surface area (Å²) in [7, 11) is 1.84. The Labute approximate surface area is 206 Å². The molecule has 0 saturated heterocycles. The summed E-state index contributed by atoms with van der Waals surface area (Å²) < 4.78 is 17.0. The Morgan fingerprint density at radius 1 is 0.914 bits per heavy atom. The van der Waals surface area contributed by atoms with Gasteiger partial charge in [0.1, 0.15) is 24.2 Å². The van der Waals surface area contributed by atoms with Crippen molar-refractivity contribution in [2.45, 2.75) is 38.8 Å². The number of rotatable bonds is 10. The minimum atomic E-state index is -0.588. The van der Waals surface area contributed by atoms with E-state index in [0.717, 1.165) is 52.2 Å². The first-order chi connectivity index (χ1) is 17.0. The zero-order valence-electron chi connectivity index (χ0n) is 20.5. The first-order valence-electron chi connectivity index (χ1n) is 12.0. The maximum Gasteiger partial charge on any atom is 0.231 e. The number of fused-ring (bicyclic) bond motifs is 1. The largest absolute Gasteiger partial charge is 0.508 e. The Morgan fingerprint density at radius 2 is 1.54 bits per heavy atom. The minimum absolute atomic E-state index is 0.00730. The van der Waals surface area contributed by atoms with Crippen LogP contribution in [0.15, 0.2) is 66.7 Å².